The van der Waals surface area contributed by atoms with E-state index in [1.165, 1.54) is 108 Å². The molecule has 0 aliphatic rings. The average molecular weight is 631 g/mol. The second-order valence-corrected chi connectivity index (χ2v) is 13.2. The number of nitrogens with one attached hydrogen (secondary N) is 2. The molecule has 1 aromatic rings. The van der Waals surface area contributed by atoms with Crippen LogP contribution in [0.1, 0.15) is 168 Å². The Bertz CT molecular complexity index is 972. The van der Waals surface area contributed by atoms with E-state index in [0.717, 1.165) is 44.6 Å². The summed E-state index contributed by atoms with van der Waals surface area (Å²) in [5.74, 6) is -0.498. The number of benzene rings is 1. The van der Waals surface area contributed by atoms with Gasteiger partial charge in [0.05, 0.1) is 10.6 Å². The number of hydrogen-bond acceptors (Lipinski definition) is 5. The van der Waals surface area contributed by atoms with Gasteiger partial charge in [0, 0.05) is 18.5 Å². The predicted octanol–water partition coefficient (Wildman–Crippen LogP) is 6.87. The zero-order valence-electron chi connectivity index (χ0n) is 27.7. The molecule has 242 valence electrons. The molecule has 0 aliphatic heterocycles. The van der Waals surface area contributed by atoms with Gasteiger partial charge in [-0.15, -0.1) is 0 Å². The smallest absolute Gasteiger partial charge is 0.744 e. The van der Waals surface area contributed by atoms with E-state index in [9.17, 15) is 22.6 Å². The molecule has 1 aromatic carbocycles. The quantitative estimate of drug-likeness (QED) is 0.0625. The molecule has 0 bridgehead atoms. The van der Waals surface area contributed by atoms with Crippen LogP contribution in [-0.4, -0.2) is 24.8 Å². The van der Waals surface area contributed by atoms with Gasteiger partial charge < -0.3 is 15.2 Å². The number of rotatable bonds is 27. The molecule has 1 rings (SSSR count). The van der Waals surface area contributed by atoms with Crippen molar-refractivity contribution in [3.05, 3.63) is 18.2 Å². The number of carbonyl (C=O) groups excluding carboxylic acids is 2. The fourth-order valence-electron chi connectivity index (χ4n) is 5.26. The van der Waals surface area contributed by atoms with Gasteiger partial charge in [-0.25, -0.2) is 8.42 Å². The van der Waals surface area contributed by atoms with Crippen LogP contribution >= 0.6 is 0 Å². The predicted molar refractivity (Wildman–Crippen MR) is 174 cm³/mol. The Morgan fingerprint density at radius 3 is 1.30 bits per heavy atom. The van der Waals surface area contributed by atoms with Gasteiger partial charge in [-0.3, -0.25) is 9.59 Å². The summed E-state index contributed by atoms with van der Waals surface area (Å²) in [5, 5.41) is 5.36. The van der Waals surface area contributed by atoms with Crippen molar-refractivity contribution >= 4 is 33.3 Å². The van der Waals surface area contributed by atoms with Crippen molar-refractivity contribution in [3.63, 3.8) is 0 Å². The second-order valence-electron chi connectivity index (χ2n) is 11.8. The van der Waals surface area contributed by atoms with Gasteiger partial charge in [-0.1, -0.05) is 142 Å². The largest absolute Gasteiger partial charge is 1.00 e. The molecule has 0 heterocycles. The minimum absolute atomic E-state index is 0. The van der Waals surface area contributed by atoms with Crippen molar-refractivity contribution in [2.24, 2.45) is 0 Å². The number of anilines is 2. The summed E-state index contributed by atoms with van der Waals surface area (Å²) in [6.45, 7) is 4.46. The Labute approximate surface area is 285 Å². The summed E-state index contributed by atoms with van der Waals surface area (Å²) in [4.78, 5) is 24.5. The average Bonchev–Trinajstić information content (AvgIpc) is 2.94. The monoisotopic (exact) mass is 630 g/mol. The van der Waals surface area contributed by atoms with Crippen molar-refractivity contribution in [3.8, 4) is 0 Å². The van der Waals surface area contributed by atoms with Crippen molar-refractivity contribution in [2.45, 2.75) is 173 Å². The summed E-state index contributed by atoms with van der Waals surface area (Å²) < 4.78 is 35.3. The molecule has 0 atom stereocenters. The first-order valence-corrected chi connectivity index (χ1v) is 18.4. The standard InChI is InChI=1S/C34H60N2O5S.Na/c1-3-5-7-9-11-13-15-17-19-21-23-25-33(37)35-30-27-28-32(42(39,40)41)31(29-30)36-34(38)26-24-22-20-18-16-14-12-10-8-6-4-2;/h27-29H,3-26H2,1-2H3,(H,35,37)(H,36,38)(H,39,40,41);/q;+1/p-1. The maximum Gasteiger partial charge on any atom is 1.00 e. The molecule has 0 saturated carbocycles. The SMILES string of the molecule is CCCCCCCCCCCCCC(=O)Nc1ccc(S(=O)(=O)[O-])c(NC(=O)CCCCCCCCCCCCC)c1.[Na+]. The van der Waals surface area contributed by atoms with Crippen LogP contribution in [0, 0.1) is 0 Å². The number of unbranched alkanes of at least 4 members (excludes halogenated alkanes) is 20. The van der Waals surface area contributed by atoms with Gasteiger partial charge in [0.25, 0.3) is 0 Å². The van der Waals surface area contributed by atoms with E-state index in [4.69, 9.17) is 0 Å². The molecule has 0 saturated heterocycles. The second kappa shape index (κ2) is 27.4. The maximum atomic E-state index is 12.5. The first kappa shape index (κ1) is 42.1. The first-order chi connectivity index (χ1) is 20.3. The summed E-state index contributed by atoms with van der Waals surface area (Å²) in [7, 11) is -4.78. The molecule has 9 heteroatoms. The van der Waals surface area contributed by atoms with Crippen LogP contribution < -0.4 is 40.2 Å². The van der Waals surface area contributed by atoms with Crippen molar-refractivity contribution in [1.82, 2.24) is 0 Å². The Balaban J connectivity index is 0.0000176. The molecular weight excluding hydrogens is 571 g/mol. The van der Waals surface area contributed by atoms with Gasteiger partial charge in [0.15, 0.2) is 0 Å². The number of hydrogen-bond donors (Lipinski definition) is 2. The molecule has 7 nitrogen and oxygen atoms in total. The minimum Gasteiger partial charge on any atom is -0.744 e. The number of carbonyl (C=O) groups is 2. The van der Waals surface area contributed by atoms with Crippen LogP contribution in [0.5, 0.6) is 0 Å². The summed E-state index contributed by atoms with van der Waals surface area (Å²) >= 11 is 0. The third-order valence-corrected chi connectivity index (χ3v) is 8.72. The van der Waals surface area contributed by atoms with Crippen LogP contribution in [-0.2, 0) is 19.7 Å². The molecule has 0 radical (unpaired) electrons. The van der Waals surface area contributed by atoms with E-state index >= 15 is 0 Å². The van der Waals surface area contributed by atoms with Gasteiger partial charge in [-0.2, -0.15) is 0 Å². The van der Waals surface area contributed by atoms with E-state index in [1.54, 1.807) is 0 Å². The Kier molecular flexibility index (Phi) is 26.8. The van der Waals surface area contributed by atoms with Gasteiger partial charge in [0.1, 0.15) is 10.1 Å². The van der Waals surface area contributed by atoms with E-state index in [0.29, 0.717) is 18.5 Å². The van der Waals surface area contributed by atoms with Crippen LogP contribution in [0.25, 0.3) is 0 Å². The van der Waals surface area contributed by atoms with Crippen LogP contribution in [0.4, 0.5) is 11.4 Å². The molecule has 0 unspecified atom stereocenters. The van der Waals surface area contributed by atoms with E-state index < -0.39 is 15.0 Å². The van der Waals surface area contributed by atoms with Crippen LogP contribution in [0.2, 0.25) is 0 Å². The van der Waals surface area contributed by atoms with Crippen molar-refractivity contribution in [2.75, 3.05) is 10.6 Å². The van der Waals surface area contributed by atoms with Crippen LogP contribution in [0.3, 0.4) is 0 Å². The summed E-state index contributed by atoms with van der Waals surface area (Å²) in [6.07, 6.45) is 26.8. The molecule has 0 spiro atoms. The van der Waals surface area contributed by atoms with Gasteiger partial charge in [0.2, 0.25) is 11.8 Å². The Hall–Kier alpha value is -0.930. The molecular formula is C34H59N2NaO5S. The third-order valence-electron chi connectivity index (χ3n) is 7.82. The molecule has 43 heavy (non-hydrogen) atoms. The fourth-order valence-corrected chi connectivity index (χ4v) is 5.87. The molecule has 0 fully saturated rings. The van der Waals surface area contributed by atoms with Crippen molar-refractivity contribution in [1.29, 1.82) is 0 Å². The summed E-state index contributed by atoms with van der Waals surface area (Å²) in [5.41, 5.74) is 0.283. The normalized spacial score (nSPS) is 11.2. The zero-order chi connectivity index (χ0) is 30.9. The molecule has 2 amide bonds. The molecule has 0 aliphatic carbocycles. The maximum absolute atomic E-state index is 12.5. The van der Waals surface area contributed by atoms with E-state index in [1.807, 2.05) is 0 Å². The van der Waals surface area contributed by atoms with Gasteiger partial charge >= 0.3 is 29.6 Å². The topological polar surface area (TPSA) is 115 Å². The fraction of sp³-hybridized carbons (Fsp3) is 0.765. The Morgan fingerprint density at radius 1 is 0.581 bits per heavy atom. The van der Waals surface area contributed by atoms with E-state index in [2.05, 4.69) is 24.5 Å². The third kappa shape index (κ3) is 23.1. The zero-order valence-corrected chi connectivity index (χ0v) is 30.5. The number of amides is 2. The molecule has 0 aromatic heterocycles. The van der Waals surface area contributed by atoms with Crippen LogP contribution in [0.15, 0.2) is 23.1 Å². The minimum atomic E-state index is -4.78. The van der Waals surface area contributed by atoms with E-state index in [-0.39, 0.29) is 53.5 Å². The Morgan fingerprint density at radius 2 is 0.930 bits per heavy atom. The first-order valence-electron chi connectivity index (χ1n) is 17.0. The molecule has 2 N–H and O–H groups in total. The van der Waals surface area contributed by atoms with Crippen molar-refractivity contribution < 1.29 is 52.1 Å². The van der Waals surface area contributed by atoms with Gasteiger partial charge in [-0.05, 0) is 31.0 Å². The summed E-state index contributed by atoms with van der Waals surface area (Å²) in [6, 6.07) is 3.91.